The molecule has 1 amide bonds. The van der Waals surface area contributed by atoms with Crippen molar-refractivity contribution in [3.63, 3.8) is 0 Å². The van der Waals surface area contributed by atoms with E-state index in [4.69, 9.17) is 0 Å². The van der Waals surface area contributed by atoms with Crippen LogP contribution in [0.4, 0.5) is 5.13 Å². The second-order valence-electron chi connectivity index (χ2n) is 4.55. The number of rotatable bonds is 2. The summed E-state index contributed by atoms with van der Waals surface area (Å²) in [7, 11) is 1.74. The predicted octanol–water partition coefficient (Wildman–Crippen LogP) is 3.69. The van der Waals surface area contributed by atoms with E-state index >= 15 is 0 Å². The average molecular weight is 315 g/mol. The Morgan fingerprint density at radius 2 is 2.05 bits per heavy atom. The molecule has 1 aromatic carbocycles. The van der Waals surface area contributed by atoms with Crippen molar-refractivity contribution in [3.8, 4) is 0 Å². The fraction of sp³-hybridized carbons (Fsp3) is 0.133. The van der Waals surface area contributed by atoms with E-state index in [-0.39, 0.29) is 5.91 Å². The number of likely N-dealkylation sites (N-methyl/N-ethyl adjacent to an activating group) is 1. The first-order chi connectivity index (χ1) is 10.1. The van der Waals surface area contributed by atoms with Gasteiger partial charge in [-0.15, -0.1) is 11.3 Å². The highest BCUT2D eigenvalue weighted by atomic mass is 32.2. The number of nitrogens with zero attached hydrogens (tertiary/aromatic N) is 3. The molecule has 0 atom stereocenters. The topological polar surface area (TPSA) is 45.6 Å². The number of amides is 1. The normalized spacial score (nSPS) is 19.0. The van der Waals surface area contributed by atoms with Gasteiger partial charge in [-0.2, -0.15) is 4.99 Å². The molecule has 21 heavy (non-hydrogen) atoms. The minimum Gasteiger partial charge on any atom is -0.289 e. The molecule has 1 aliphatic heterocycles. The lowest BCUT2D eigenvalue weighted by Gasteiger charge is -2.05. The molecular weight excluding hydrogens is 302 g/mol. The fourth-order valence-corrected chi connectivity index (χ4v) is 3.52. The second-order valence-corrected chi connectivity index (χ2v) is 6.40. The van der Waals surface area contributed by atoms with Crippen LogP contribution in [0.25, 0.3) is 6.08 Å². The number of carbonyl (C=O) groups is 1. The Morgan fingerprint density at radius 3 is 2.71 bits per heavy atom. The molecule has 2 heterocycles. The van der Waals surface area contributed by atoms with Crippen molar-refractivity contribution in [1.29, 1.82) is 0 Å². The van der Waals surface area contributed by atoms with Crippen LogP contribution in [0, 0.1) is 6.92 Å². The molecule has 0 radical (unpaired) electrons. The lowest BCUT2D eigenvalue weighted by atomic mass is 10.2. The van der Waals surface area contributed by atoms with Crippen LogP contribution in [0.5, 0.6) is 0 Å². The SMILES string of the molecule is Cc1csc(/N=C2/S/C(=C\c3ccccc3)C(=O)N2C)n1. The van der Waals surface area contributed by atoms with Gasteiger partial charge in [-0.05, 0) is 30.3 Å². The van der Waals surface area contributed by atoms with Gasteiger partial charge in [0.1, 0.15) is 0 Å². The van der Waals surface area contributed by atoms with Crippen LogP contribution in [0.2, 0.25) is 0 Å². The number of thioether (sulfide) groups is 1. The van der Waals surface area contributed by atoms with Crippen molar-refractivity contribution in [2.75, 3.05) is 7.05 Å². The molecule has 0 saturated carbocycles. The maximum atomic E-state index is 12.3. The molecule has 0 spiro atoms. The van der Waals surface area contributed by atoms with E-state index < -0.39 is 0 Å². The third kappa shape index (κ3) is 3.06. The van der Waals surface area contributed by atoms with Gasteiger partial charge >= 0.3 is 0 Å². The number of aromatic nitrogens is 1. The monoisotopic (exact) mass is 315 g/mol. The maximum Gasteiger partial charge on any atom is 0.266 e. The molecular formula is C15H13N3OS2. The second kappa shape index (κ2) is 5.83. The van der Waals surface area contributed by atoms with E-state index in [1.807, 2.05) is 48.7 Å². The summed E-state index contributed by atoms with van der Waals surface area (Å²) in [6.07, 6.45) is 1.89. The van der Waals surface area contributed by atoms with Gasteiger partial charge in [0.25, 0.3) is 5.91 Å². The van der Waals surface area contributed by atoms with Crippen LogP contribution < -0.4 is 0 Å². The highest BCUT2D eigenvalue weighted by molar-refractivity contribution is 8.18. The molecule has 0 N–H and O–H groups in total. The number of carbonyl (C=O) groups excluding carboxylic acids is 1. The van der Waals surface area contributed by atoms with Crippen LogP contribution in [0.1, 0.15) is 11.3 Å². The number of hydrogen-bond acceptors (Lipinski definition) is 5. The molecule has 1 fully saturated rings. The molecule has 1 saturated heterocycles. The Hall–Kier alpha value is -1.92. The molecule has 1 aromatic heterocycles. The largest absolute Gasteiger partial charge is 0.289 e. The zero-order chi connectivity index (χ0) is 14.8. The van der Waals surface area contributed by atoms with E-state index in [0.717, 1.165) is 11.3 Å². The summed E-state index contributed by atoms with van der Waals surface area (Å²) >= 11 is 2.86. The van der Waals surface area contributed by atoms with Gasteiger partial charge in [-0.3, -0.25) is 9.69 Å². The number of aryl methyl sites for hydroxylation is 1. The Labute approximate surface area is 131 Å². The molecule has 4 nitrogen and oxygen atoms in total. The van der Waals surface area contributed by atoms with Crippen molar-refractivity contribution < 1.29 is 4.79 Å². The first-order valence-corrected chi connectivity index (χ1v) is 8.06. The van der Waals surface area contributed by atoms with E-state index in [1.165, 1.54) is 23.1 Å². The van der Waals surface area contributed by atoms with Crippen molar-refractivity contribution >= 4 is 45.4 Å². The fourth-order valence-electron chi connectivity index (χ4n) is 1.83. The number of thiazole rings is 1. The molecule has 0 unspecified atom stereocenters. The summed E-state index contributed by atoms with van der Waals surface area (Å²) in [6.45, 7) is 1.93. The van der Waals surface area contributed by atoms with Crippen LogP contribution in [-0.2, 0) is 4.79 Å². The minimum atomic E-state index is -0.0316. The molecule has 0 bridgehead atoms. The first-order valence-electron chi connectivity index (χ1n) is 6.37. The van der Waals surface area contributed by atoms with E-state index in [1.54, 1.807) is 11.9 Å². The third-order valence-electron chi connectivity index (χ3n) is 2.90. The average Bonchev–Trinajstić information content (AvgIpc) is 3.00. The molecule has 2 aromatic rings. The summed E-state index contributed by atoms with van der Waals surface area (Å²) in [5.74, 6) is -0.0316. The third-order valence-corrected chi connectivity index (χ3v) is 4.81. The van der Waals surface area contributed by atoms with Gasteiger partial charge in [0, 0.05) is 12.4 Å². The van der Waals surface area contributed by atoms with Crippen molar-refractivity contribution in [2.45, 2.75) is 6.92 Å². The summed E-state index contributed by atoms with van der Waals surface area (Å²) in [4.78, 5) is 23.3. The standard InChI is InChI=1S/C15H13N3OS2/c1-10-9-20-14(16-10)17-15-18(2)13(19)12(21-15)8-11-6-4-3-5-7-11/h3-9H,1-2H3/b12-8-,17-15+. The van der Waals surface area contributed by atoms with Gasteiger partial charge in [-0.25, -0.2) is 4.98 Å². The Bertz CT molecular complexity index is 734. The quantitative estimate of drug-likeness (QED) is 0.794. The Balaban J connectivity index is 1.89. The maximum absolute atomic E-state index is 12.3. The zero-order valence-electron chi connectivity index (χ0n) is 11.6. The predicted molar refractivity (Wildman–Crippen MR) is 88.7 cm³/mol. The van der Waals surface area contributed by atoms with Crippen molar-refractivity contribution in [1.82, 2.24) is 9.88 Å². The van der Waals surface area contributed by atoms with E-state index in [0.29, 0.717) is 15.2 Å². The molecule has 3 rings (SSSR count). The van der Waals surface area contributed by atoms with Gasteiger partial charge in [0.2, 0.25) is 5.13 Å². The highest BCUT2D eigenvalue weighted by Gasteiger charge is 2.30. The van der Waals surface area contributed by atoms with E-state index in [9.17, 15) is 4.79 Å². The summed E-state index contributed by atoms with van der Waals surface area (Å²) in [6, 6.07) is 9.80. The lowest BCUT2D eigenvalue weighted by Crippen LogP contribution is -2.23. The highest BCUT2D eigenvalue weighted by Crippen LogP contribution is 2.33. The molecule has 0 aliphatic carbocycles. The van der Waals surface area contributed by atoms with E-state index in [2.05, 4.69) is 9.98 Å². The van der Waals surface area contributed by atoms with Crippen LogP contribution in [0.3, 0.4) is 0 Å². The molecule has 1 aliphatic rings. The number of amidine groups is 1. The number of benzene rings is 1. The molecule has 6 heteroatoms. The Morgan fingerprint density at radius 1 is 1.29 bits per heavy atom. The summed E-state index contributed by atoms with van der Waals surface area (Å²) in [5.41, 5.74) is 1.95. The summed E-state index contributed by atoms with van der Waals surface area (Å²) < 4.78 is 0. The number of hydrogen-bond donors (Lipinski definition) is 0. The lowest BCUT2D eigenvalue weighted by molar-refractivity contribution is -0.121. The van der Waals surface area contributed by atoms with Crippen molar-refractivity contribution in [2.24, 2.45) is 4.99 Å². The number of aliphatic imine (C=N–C) groups is 1. The Kier molecular flexibility index (Phi) is 3.90. The van der Waals surface area contributed by atoms with Gasteiger partial charge in [0.15, 0.2) is 5.17 Å². The minimum absolute atomic E-state index is 0.0316. The van der Waals surface area contributed by atoms with Crippen LogP contribution in [-0.4, -0.2) is 28.0 Å². The van der Waals surface area contributed by atoms with Crippen molar-refractivity contribution in [3.05, 3.63) is 51.9 Å². The summed E-state index contributed by atoms with van der Waals surface area (Å²) in [5, 5.41) is 3.29. The van der Waals surface area contributed by atoms with Crippen LogP contribution >= 0.6 is 23.1 Å². The van der Waals surface area contributed by atoms with Gasteiger partial charge in [0.05, 0.1) is 10.6 Å². The first kappa shape index (κ1) is 14.0. The smallest absolute Gasteiger partial charge is 0.266 e. The molecule has 106 valence electrons. The zero-order valence-corrected chi connectivity index (χ0v) is 13.2. The van der Waals surface area contributed by atoms with Gasteiger partial charge in [-0.1, -0.05) is 30.3 Å². The van der Waals surface area contributed by atoms with Gasteiger partial charge < -0.3 is 0 Å². The van der Waals surface area contributed by atoms with Crippen LogP contribution in [0.15, 0.2) is 45.6 Å².